The van der Waals surface area contributed by atoms with E-state index in [0.717, 1.165) is 5.56 Å². The van der Waals surface area contributed by atoms with E-state index >= 15 is 0 Å². The van der Waals surface area contributed by atoms with Crippen LogP contribution in [0.1, 0.15) is 18.9 Å². The van der Waals surface area contributed by atoms with Gasteiger partial charge in [-0.1, -0.05) is 23.7 Å². The minimum atomic E-state index is -4.15. The average molecular weight is 363 g/mol. The highest BCUT2D eigenvalue weighted by molar-refractivity contribution is 6.30. The molecule has 1 fully saturated rings. The van der Waals surface area contributed by atoms with Crippen molar-refractivity contribution < 1.29 is 13.2 Å². The molecule has 1 saturated heterocycles. The largest absolute Gasteiger partial charge is 0.401 e. The molecule has 1 atom stereocenters. The molecular weight excluding hydrogens is 341 g/mol. The monoisotopic (exact) mass is 362 g/mol. The Labute approximate surface area is 145 Å². The molecule has 4 nitrogen and oxygen atoms in total. The number of guanidine groups is 1. The van der Waals surface area contributed by atoms with Gasteiger partial charge in [-0.3, -0.25) is 4.90 Å². The van der Waals surface area contributed by atoms with Gasteiger partial charge in [-0.2, -0.15) is 13.2 Å². The van der Waals surface area contributed by atoms with Crippen molar-refractivity contribution in [2.75, 3.05) is 26.2 Å². The summed E-state index contributed by atoms with van der Waals surface area (Å²) in [4.78, 5) is 5.90. The van der Waals surface area contributed by atoms with Crippen LogP contribution >= 0.6 is 11.6 Å². The van der Waals surface area contributed by atoms with Crippen LogP contribution in [0.3, 0.4) is 0 Å². The van der Waals surface area contributed by atoms with Gasteiger partial charge in [-0.15, -0.1) is 0 Å². The SMILES string of the molecule is CCNC(=NCc1ccc(Cl)cc1)NC1CCN(CC(F)(F)F)C1. The van der Waals surface area contributed by atoms with Crippen molar-refractivity contribution in [1.82, 2.24) is 15.5 Å². The molecule has 0 radical (unpaired) electrons. The second-order valence-electron chi connectivity index (χ2n) is 5.80. The third kappa shape index (κ3) is 6.57. The highest BCUT2D eigenvalue weighted by Gasteiger charge is 2.34. The van der Waals surface area contributed by atoms with Gasteiger partial charge in [-0.25, -0.2) is 4.99 Å². The Morgan fingerprint density at radius 3 is 2.67 bits per heavy atom. The van der Waals surface area contributed by atoms with E-state index in [1.165, 1.54) is 4.90 Å². The summed E-state index contributed by atoms with van der Waals surface area (Å²) in [5.74, 6) is 0.617. The first-order chi connectivity index (χ1) is 11.4. The van der Waals surface area contributed by atoms with Crippen LogP contribution in [0.5, 0.6) is 0 Å². The molecule has 0 amide bonds. The number of halogens is 4. The van der Waals surface area contributed by atoms with Crippen molar-refractivity contribution in [1.29, 1.82) is 0 Å². The van der Waals surface area contributed by atoms with E-state index in [-0.39, 0.29) is 6.04 Å². The molecule has 1 heterocycles. The second kappa shape index (κ2) is 8.58. The molecule has 0 aromatic heterocycles. The van der Waals surface area contributed by atoms with E-state index in [4.69, 9.17) is 11.6 Å². The van der Waals surface area contributed by atoms with Gasteiger partial charge < -0.3 is 10.6 Å². The molecular formula is C16H22ClF3N4. The maximum absolute atomic E-state index is 12.4. The number of hydrogen-bond donors (Lipinski definition) is 2. The Morgan fingerprint density at radius 1 is 1.33 bits per heavy atom. The molecule has 24 heavy (non-hydrogen) atoms. The fourth-order valence-electron chi connectivity index (χ4n) is 2.62. The van der Waals surface area contributed by atoms with Crippen molar-refractivity contribution in [3.05, 3.63) is 34.9 Å². The zero-order valence-electron chi connectivity index (χ0n) is 13.5. The molecule has 1 aromatic carbocycles. The van der Waals surface area contributed by atoms with Gasteiger partial charge in [0.2, 0.25) is 0 Å². The number of nitrogens with zero attached hydrogens (tertiary/aromatic N) is 2. The Hall–Kier alpha value is -1.47. The zero-order valence-corrected chi connectivity index (χ0v) is 14.3. The normalized spacial score (nSPS) is 19.5. The fraction of sp³-hybridized carbons (Fsp3) is 0.562. The van der Waals surface area contributed by atoms with Gasteiger partial charge in [-0.05, 0) is 31.0 Å². The number of alkyl halides is 3. The van der Waals surface area contributed by atoms with Gasteiger partial charge in [0.15, 0.2) is 5.96 Å². The molecule has 8 heteroatoms. The molecule has 1 aliphatic rings. The average Bonchev–Trinajstić information content (AvgIpc) is 2.91. The molecule has 2 N–H and O–H groups in total. The minimum Gasteiger partial charge on any atom is -0.357 e. The molecule has 1 unspecified atom stereocenters. The van der Waals surface area contributed by atoms with Gasteiger partial charge >= 0.3 is 6.18 Å². The lowest BCUT2D eigenvalue weighted by molar-refractivity contribution is -0.143. The van der Waals surface area contributed by atoms with Crippen LogP contribution in [0, 0.1) is 0 Å². The zero-order chi connectivity index (χ0) is 17.6. The third-order valence-electron chi connectivity index (χ3n) is 3.69. The van der Waals surface area contributed by atoms with E-state index < -0.39 is 12.7 Å². The van der Waals surface area contributed by atoms with E-state index in [1.807, 2.05) is 19.1 Å². The minimum absolute atomic E-state index is 0.0321. The number of benzene rings is 1. The number of rotatable bonds is 5. The first kappa shape index (κ1) is 18.9. The van der Waals surface area contributed by atoms with E-state index in [0.29, 0.717) is 43.6 Å². The summed E-state index contributed by atoms with van der Waals surface area (Å²) in [6.07, 6.45) is -3.48. The summed E-state index contributed by atoms with van der Waals surface area (Å²) in [5, 5.41) is 7.01. The highest BCUT2D eigenvalue weighted by Crippen LogP contribution is 2.20. The van der Waals surface area contributed by atoms with Crippen LogP contribution in [-0.4, -0.2) is 49.3 Å². The van der Waals surface area contributed by atoms with Crippen LogP contribution < -0.4 is 10.6 Å². The molecule has 134 valence electrons. The van der Waals surface area contributed by atoms with Crippen LogP contribution in [0.4, 0.5) is 13.2 Å². The molecule has 0 bridgehead atoms. The van der Waals surface area contributed by atoms with Crippen LogP contribution in [0.2, 0.25) is 5.02 Å². The van der Waals surface area contributed by atoms with Gasteiger partial charge in [0.1, 0.15) is 0 Å². The molecule has 1 aromatic rings. The summed E-state index contributed by atoms with van der Waals surface area (Å²) in [6.45, 7) is 3.06. The first-order valence-corrected chi connectivity index (χ1v) is 8.32. The molecule has 0 saturated carbocycles. The molecule has 0 aliphatic carbocycles. The van der Waals surface area contributed by atoms with Crippen LogP contribution in [0.15, 0.2) is 29.3 Å². The van der Waals surface area contributed by atoms with Gasteiger partial charge in [0.05, 0.1) is 13.1 Å². The smallest absolute Gasteiger partial charge is 0.357 e. The Morgan fingerprint density at radius 2 is 2.04 bits per heavy atom. The standard InChI is InChI=1S/C16H22ClF3N4/c1-2-21-15(22-9-12-3-5-13(17)6-4-12)23-14-7-8-24(10-14)11-16(18,19)20/h3-6,14H,2,7-11H2,1H3,(H2,21,22,23). The number of likely N-dealkylation sites (tertiary alicyclic amines) is 1. The Balaban J connectivity index is 1.89. The summed E-state index contributed by atoms with van der Waals surface area (Å²) in [5.41, 5.74) is 1.02. The third-order valence-corrected chi connectivity index (χ3v) is 3.95. The van der Waals surface area contributed by atoms with Crippen LogP contribution in [0.25, 0.3) is 0 Å². The van der Waals surface area contributed by atoms with E-state index in [2.05, 4.69) is 15.6 Å². The fourth-order valence-corrected chi connectivity index (χ4v) is 2.75. The highest BCUT2D eigenvalue weighted by atomic mass is 35.5. The van der Waals surface area contributed by atoms with Crippen molar-refractivity contribution in [3.63, 3.8) is 0 Å². The summed E-state index contributed by atoms with van der Waals surface area (Å²) in [7, 11) is 0. The van der Waals surface area contributed by atoms with Gasteiger partial charge in [0.25, 0.3) is 0 Å². The lowest BCUT2D eigenvalue weighted by Gasteiger charge is -2.19. The maximum atomic E-state index is 12.4. The van der Waals surface area contributed by atoms with Crippen molar-refractivity contribution in [2.45, 2.75) is 32.1 Å². The van der Waals surface area contributed by atoms with Crippen LogP contribution in [-0.2, 0) is 6.54 Å². The quantitative estimate of drug-likeness (QED) is 0.625. The van der Waals surface area contributed by atoms with Crippen molar-refractivity contribution >= 4 is 17.6 Å². The number of aliphatic imine (C=N–C) groups is 1. The topological polar surface area (TPSA) is 39.7 Å². The second-order valence-corrected chi connectivity index (χ2v) is 6.24. The lowest BCUT2D eigenvalue weighted by Crippen LogP contribution is -2.45. The summed E-state index contributed by atoms with van der Waals surface area (Å²) in [6, 6.07) is 7.37. The van der Waals surface area contributed by atoms with Gasteiger partial charge in [0, 0.05) is 30.7 Å². The summed E-state index contributed by atoms with van der Waals surface area (Å²) >= 11 is 5.85. The van der Waals surface area contributed by atoms with Crippen molar-refractivity contribution in [2.24, 2.45) is 4.99 Å². The Bertz CT molecular complexity index is 545. The maximum Gasteiger partial charge on any atom is 0.401 e. The Kier molecular flexibility index (Phi) is 6.74. The van der Waals surface area contributed by atoms with Crippen molar-refractivity contribution in [3.8, 4) is 0 Å². The first-order valence-electron chi connectivity index (χ1n) is 7.94. The number of hydrogen-bond acceptors (Lipinski definition) is 2. The summed E-state index contributed by atoms with van der Waals surface area (Å²) < 4.78 is 37.3. The number of nitrogens with one attached hydrogen (secondary N) is 2. The predicted molar refractivity (Wildman–Crippen MR) is 90.3 cm³/mol. The van der Waals surface area contributed by atoms with E-state index in [9.17, 15) is 13.2 Å². The lowest BCUT2D eigenvalue weighted by atomic mass is 10.2. The van der Waals surface area contributed by atoms with E-state index in [1.54, 1.807) is 12.1 Å². The molecule has 1 aliphatic heterocycles. The predicted octanol–water partition coefficient (Wildman–Crippen LogP) is 3.03. The molecule has 2 rings (SSSR count). The molecule has 0 spiro atoms.